The van der Waals surface area contributed by atoms with Crippen molar-refractivity contribution in [3.05, 3.63) is 34.6 Å². The van der Waals surface area contributed by atoms with Gasteiger partial charge in [-0.1, -0.05) is 0 Å². The number of aryl methyl sites for hydroxylation is 1. The molecule has 0 fully saturated rings. The van der Waals surface area contributed by atoms with Gasteiger partial charge in [-0.05, 0) is 42.5 Å². The SMILES string of the molecule is N#Cc1cc2c(cc1F)C(O)CCC2. The Bertz CT molecular complexity index is 408. The summed E-state index contributed by atoms with van der Waals surface area (Å²) in [5.74, 6) is -0.535. The topological polar surface area (TPSA) is 44.0 Å². The molecule has 0 spiro atoms. The lowest BCUT2D eigenvalue weighted by Crippen LogP contribution is -2.10. The Kier molecular flexibility index (Phi) is 2.22. The summed E-state index contributed by atoms with van der Waals surface area (Å²) in [6, 6.07) is 4.64. The van der Waals surface area contributed by atoms with Gasteiger partial charge in [0.25, 0.3) is 0 Å². The first-order valence-electron chi connectivity index (χ1n) is 4.63. The molecule has 1 aromatic rings. The number of hydrogen-bond acceptors (Lipinski definition) is 2. The van der Waals surface area contributed by atoms with Gasteiger partial charge < -0.3 is 5.11 Å². The molecule has 1 unspecified atom stereocenters. The lowest BCUT2D eigenvalue weighted by molar-refractivity contribution is 0.156. The highest BCUT2D eigenvalue weighted by Crippen LogP contribution is 2.31. The van der Waals surface area contributed by atoms with Gasteiger partial charge in [-0.2, -0.15) is 5.26 Å². The molecule has 0 aromatic heterocycles. The quantitative estimate of drug-likeness (QED) is 0.682. The van der Waals surface area contributed by atoms with Gasteiger partial charge in [0.15, 0.2) is 0 Å². The maximum absolute atomic E-state index is 13.2. The molecule has 14 heavy (non-hydrogen) atoms. The van der Waals surface area contributed by atoms with E-state index >= 15 is 0 Å². The first kappa shape index (κ1) is 9.17. The third-order valence-corrected chi connectivity index (χ3v) is 2.63. The van der Waals surface area contributed by atoms with E-state index in [2.05, 4.69) is 0 Å². The Morgan fingerprint density at radius 3 is 3.00 bits per heavy atom. The number of hydrogen-bond donors (Lipinski definition) is 1. The van der Waals surface area contributed by atoms with Crippen LogP contribution in [0.25, 0.3) is 0 Å². The van der Waals surface area contributed by atoms with Crippen molar-refractivity contribution in [2.45, 2.75) is 25.4 Å². The van der Waals surface area contributed by atoms with Gasteiger partial charge in [0.1, 0.15) is 11.9 Å². The predicted octanol–water partition coefficient (Wildman–Crippen LogP) is 2.07. The van der Waals surface area contributed by atoms with Crippen molar-refractivity contribution in [3.63, 3.8) is 0 Å². The number of halogens is 1. The van der Waals surface area contributed by atoms with Crippen LogP contribution < -0.4 is 0 Å². The van der Waals surface area contributed by atoms with E-state index in [9.17, 15) is 9.50 Å². The second-order valence-electron chi connectivity index (χ2n) is 3.55. The van der Waals surface area contributed by atoms with Crippen molar-refractivity contribution in [3.8, 4) is 6.07 Å². The molecule has 0 heterocycles. The minimum atomic E-state index is -0.569. The normalized spacial score (nSPS) is 19.9. The zero-order chi connectivity index (χ0) is 10.1. The molecule has 1 aliphatic carbocycles. The minimum Gasteiger partial charge on any atom is -0.388 e. The number of fused-ring (bicyclic) bond motifs is 1. The first-order chi connectivity index (χ1) is 6.72. The van der Waals surface area contributed by atoms with Crippen LogP contribution in [0.4, 0.5) is 4.39 Å². The zero-order valence-electron chi connectivity index (χ0n) is 7.63. The van der Waals surface area contributed by atoms with Crippen LogP contribution in [0.5, 0.6) is 0 Å². The Morgan fingerprint density at radius 2 is 2.29 bits per heavy atom. The van der Waals surface area contributed by atoms with E-state index in [1.54, 1.807) is 12.1 Å². The van der Waals surface area contributed by atoms with Gasteiger partial charge in [-0.15, -0.1) is 0 Å². The summed E-state index contributed by atoms with van der Waals surface area (Å²) in [6.07, 6.45) is 1.82. The largest absolute Gasteiger partial charge is 0.388 e. The second kappa shape index (κ2) is 3.39. The molecule has 1 atom stereocenters. The molecule has 1 aromatic carbocycles. The smallest absolute Gasteiger partial charge is 0.141 e. The maximum atomic E-state index is 13.2. The minimum absolute atomic E-state index is 0.0675. The van der Waals surface area contributed by atoms with E-state index in [1.807, 2.05) is 0 Å². The molecule has 1 aliphatic rings. The highest BCUT2D eigenvalue weighted by atomic mass is 19.1. The molecular weight excluding hydrogens is 181 g/mol. The fourth-order valence-electron chi connectivity index (χ4n) is 1.89. The summed E-state index contributed by atoms with van der Waals surface area (Å²) in [5.41, 5.74) is 1.62. The van der Waals surface area contributed by atoms with E-state index in [0.717, 1.165) is 18.4 Å². The lowest BCUT2D eigenvalue weighted by Gasteiger charge is -2.21. The zero-order valence-corrected chi connectivity index (χ0v) is 7.63. The molecule has 2 nitrogen and oxygen atoms in total. The van der Waals surface area contributed by atoms with Crippen LogP contribution >= 0.6 is 0 Å². The summed E-state index contributed by atoms with van der Waals surface area (Å²) in [4.78, 5) is 0. The van der Waals surface area contributed by atoms with Gasteiger partial charge in [0, 0.05) is 0 Å². The second-order valence-corrected chi connectivity index (χ2v) is 3.55. The maximum Gasteiger partial charge on any atom is 0.141 e. The molecule has 0 amide bonds. The summed E-state index contributed by atoms with van der Waals surface area (Å²) in [5, 5.41) is 18.2. The molecule has 0 saturated carbocycles. The van der Waals surface area contributed by atoms with E-state index in [0.29, 0.717) is 12.0 Å². The summed E-state index contributed by atoms with van der Waals surface area (Å²) >= 11 is 0. The Labute approximate surface area is 81.6 Å². The first-order valence-corrected chi connectivity index (χ1v) is 4.63. The third-order valence-electron chi connectivity index (χ3n) is 2.63. The van der Waals surface area contributed by atoms with Crippen LogP contribution in [0.3, 0.4) is 0 Å². The fourth-order valence-corrected chi connectivity index (χ4v) is 1.89. The van der Waals surface area contributed by atoms with Crippen molar-refractivity contribution in [2.24, 2.45) is 0 Å². The van der Waals surface area contributed by atoms with Crippen molar-refractivity contribution in [1.29, 1.82) is 5.26 Å². The van der Waals surface area contributed by atoms with Crippen LogP contribution in [0.1, 0.15) is 35.6 Å². The van der Waals surface area contributed by atoms with Gasteiger partial charge in [0.05, 0.1) is 11.7 Å². The number of nitrogens with zero attached hydrogens (tertiary/aromatic N) is 1. The number of rotatable bonds is 0. The van der Waals surface area contributed by atoms with Crippen LogP contribution in [0.15, 0.2) is 12.1 Å². The van der Waals surface area contributed by atoms with Gasteiger partial charge in [-0.25, -0.2) is 4.39 Å². The highest BCUT2D eigenvalue weighted by Gasteiger charge is 2.20. The fraction of sp³-hybridized carbons (Fsp3) is 0.364. The number of nitriles is 1. The molecule has 1 N–H and O–H groups in total. The molecule has 3 heteroatoms. The standard InChI is InChI=1S/C11H10FNO/c12-10-5-9-7(4-8(10)6-13)2-1-3-11(9)14/h4-5,11,14H,1-3H2. The summed E-state index contributed by atoms with van der Waals surface area (Å²) < 4.78 is 13.2. The summed E-state index contributed by atoms with van der Waals surface area (Å²) in [6.45, 7) is 0. The van der Waals surface area contributed by atoms with Crippen LogP contribution in [-0.4, -0.2) is 5.11 Å². The van der Waals surface area contributed by atoms with Crippen LogP contribution in [0.2, 0.25) is 0 Å². The van der Waals surface area contributed by atoms with Crippen LogP contribution in [-0.2, 0) is 6.42 Å². The molecular formula is C11H10FNO. The molecule has 0 saturated heterocycles. The van der Waals surface area contributed by atoms with E-state index in [4.69, 9.17) is 5.26 Å². The van der Waals surface area contributed by atoms with Crippen molar-refractivity contribution < 1.29 is 9.50 Å². The molecule has 0 aliphatic heterocycles. The molecule has 0 radical (unpaired) electrons. The number of benzene rings is 1. The van der Waals surface area contributed by atoms with Gasteiger partial charge >= 0.3 is 0 Å². The summed E-state index contributed by atoms with van der Waals surface area (Å²) in [7, 11) is 0. The lowest BCUT2D eigenvalue weighted by atomic mass is 9.88. The van der Waals surface area contributed by atoms with Gasteiger partial charge in [-0.3, -0.25) is 0 Å². The van der Waals surface area contributed by atoms with E-state index in [1.165, 1.54) is 6.07 Å². The van der Waals surface area contributed by atoms with Crippen molar-refractivity contribution in [2.75, 3.05) is 0 Å². The Hall–Kier alpha value is -1.40. The number of aliphatic hydroxyl groups is 1. The van der Waals surface area contributed by atoms with Gasteiger partial charge in [0.2, 0.25) is 0 Å². The molecule has 2 rings (SSSR count). The monoisotopic (exact) mass is 191 g/mol. The average Bonchev–Trinajstić information content (AvgIpc) is 2.19. The van der Waals surface area contributed by atoms with Crippen molar-refractivity contribution in [1.82, 2.24) is 0 Å². The van der Waals surface area contributed by atoms with E-state index in [-0.39, 0.29) is 5.56 Å². The van der Waals surface area contributed by atoms with Crippen LogP contribution in [0, 0.1) is 17.1 Å². The Morgan fingerprint density at radius 1 is 1.50 bits per heavy atom. The van der Waals surface area contributed by atoms with Crippen molar-refractivity contribution >= 4 is 0 Å². The molecule has 72 valence electrons. The average molecular weight is 191 g/mol. The molecule has 0 bridgehead atoms. The Balaban J connectivity index is 2.55. The number of aliphatic hydroxyl groups excluding tert-OH is 1. The third kappa shape index (κ3) is 1.38. The predicted molar refractivity (Wildman–Crippen MR) is 49.0 cm³/mol. The van der Waals surface area contributed by atoms with E-state index < -0.39 is 11.9 Å². The highest BCUT2D eigenvalue weighted by molar-refractivity contribution is 5.41.